The summed E-state index contributed by atoms with van der Waals surface area (Å²) in [4.78, 5) is 20.3. The first kappa shape index (κ1) is 17.6. The SMILES string of the molecule is O=C(c1cc2ccc(Br)cc2[nH]1)N1CCN(Cc2ccc(Cl)cc2)CC1. The minimum Gasteiger partial charge on any atom is -0.350 e. The molecule has 26 heavy (non-hydrogen) atoms. The van der Waals surface area contributed by atoms with E-state index in [1.165, 1.54) is 5.56 Å². The van der Waals surface area contributed by atoms with Crippen molar-refractivity contribution >= 4 is 44.3 Å². The van der Waals surface area contributed by atoms with Crippen molar-refractivity contribution in [3.63, 3.8) is 0 Å². The van der Waals surface area contributed by atoms with Crippen molar-refractivity contribution in [3.05, 3.63) is 69.3 Å². The number of halogens is 2. The number of nitrogens with one attached hydrogen (secondary N) is 1. The number of hydrogen-bond acceptors (Lipinski definition) is 2. The van der Waals surface area contributed by atoms with Crippen LogP contribution in [0, 0.1) is 0 Å². The molecule has 1 amide bonds. The van der Waals surface area contributed by atoms with Gasteiger partial charge in [-0.1, -0.05) is 45.7 Å². The number of hydrogen-bond donors (Lipinski definition) is 1. The molecule has 6 heteroatoms. The van der Waals surface area contributed by atoms with E-state index in [4.69, 9.17) is 11.6 Å². The molecule has 1 aliphatic heterocycles. The van der Waals surface area contributed by atoms with Crippen LogP contribution in [0.25, 0.3) is 10.9 Å². The van der Waals surface area contributed by atoms with Crippen molar-refractivity contribution in [3.8, 4) is 0 Å². The van der Waals surface area contributed by atoms with Crippen LogP contribution in [0.5, 0.6) is 0 Å². The van der Waals surface area contributed by atoms with Crippen LogP contribution in [0.1, 0.15) is 16.1 Å². The van der Waals surface area contributed by atoms with E-state index in [0.29, 0.717) is 5.69 Å². The highest BCUT2D eigenvalue weighted by Gasteiger charge is 2.23. The number of amides is 1. The molecule has 1 fully saturated rings. The predicted molar refractivity (Wildman–Crippen MR) is 109 cm³/mol. The molecule has 3 aromatic rings. The Balaban J connectivity index is 1.38. The molecule has 2 aromatic carbocycles. The van der Waals surface area contributed by atoms with Crippen molar-refractivity contribution in [1.29, 1.82) is 0 Å². The van der Waals surface area contributed by atoms with Gasteiger partial charge in [-0.15, -0.1) is 0 Å². The van der Waals surface area contributed by atoms with E-state index in [0.717, 1.165) is 53.1 Å². The molecule has 0 bridgehead atoms. The van der Waals surface area contributed by atoms with Gasteiger partial charge in [0.1, 0.15) is 5.69 Å². The maximum Gasteiger partial charge on any atom is 0.270 e. The molecular weight excluding hydrogens is 414 g/mol. The van der Waals surface area contributed by atoms with Gasteiger partial charge >= 0.3 is 0 Å². The molecule has 1 N–H and O–H groups in total. The number of rotatable bonds is 3. The first-order valence-corrected chi connectivity index (χ1v) is 9.80. The molecule has 0 atom stereocenters. The number of benzene rings is 2. The smallest absolute Gasteiger partial charge is 0.270 e. The molecule has 2 heterocycles. The van der Waals surface area contributed by atoms with Gasteiger partial charge in [0, 0.05) is 53.1 Å². The number of piperazine rings is 1. The van der Waals surface area contributed by atoms with Crippen LogP contribution in [-0.4, -0.2) is 46.9 Å². The Morgan fingerprint density at radius 2 is 1.77 bits per heavy atom. The van der Waals surface area contributed by atoms with Crippen LogP contribution in [0.2, 0.25) is 5.02 Å². The fourth-order valence-corrected chi connectivity index (χ4v) is 3.83. The maximum absolute atomic E-state index is 12.8. The number of fused-ring (bicyclic) bond motifs is 1. The van der Waals surface area contributed by atoms with Crippen LogP contribution in [0.4, 0.5) is 0 Å². The largest absolute Gasteiger partial charge is 0.350 e. The molecule has 4 rings (SSSR count). The number of aromatic nitrogens is 1. The highest BCUT2D eigenvalue weighted by molar-refractivity contribution is 9.10. The quantitative estimate of drug-likeness (QED) is 0.660. The van der Waals surface area contributed by atoms with Gasteiger partial charge in [-0.3, -0.25) is 9.69 Å². The molecule has 134 valence electrons. The van der Waals surface area contributed by atoms with E-state index in [1.807, 2.05) is 41.3 Å². The van der Waals surface area contributed by atoms with Crippen LogP contribution in [0.3, 0.4) is 0 Å². The molecule has 0 radical (unpaired) electrons. The van der Waals surface area contributed by atoms with Crippen molar-refractivity contribution in [2.24, 2.45) is 0 Å². The van der Waals surface area contributed by atoms with E-state index in [-0.39, 0.29) is 5.91 Å². The van der Waals surface area contributed by atoms with E-state index in [2.05, 4.69) is 37.9 Å². The molecule has 4 nitrogen and oxygen atoms in total. The minimum absolute atomic E-state index is 0.0727. The first-order chi connectivity index (χ1) is 12.6. The zero-order valence-electron chi connectivity index (χ0n) is 14.2. The highest BCUT2D eigenvalue weighted by Crippen LogP contribution is 2.21. The van der Waals surface area contributed by atoms with Gasteiger partial charge in [0.15, 0.2) is 0 Å². The van der Waals surface area contributed by atoms with E-state index >= 15 is 0 Å². The monoisotopic (exact) mass is 431 g/mol. The summed E-state index contributed by atoms with van der Waals surface area (Å²) in [5.41, 5.74) is 2.88. The van der Waals surface area contributed by atoms with Gasteiger partial charge in [-0.05, 0) is 35.9 Å². The van der Waals surface area contributed by atoms with Gasteiger partial charge in [0.2, 0.25) is 0 Å². The first-order valence-electron chi connectivity index (χ1n) is 8.63. The fourth-order valence-electron chi connectivity index (χ4n) is 3.34. The summed E-state index contributed by atoms with van der Waals surface area (Å²) >= 11 is 9.41. The van der Waals surface area contributed by atoms with Crippen molar-refractivity contribution in [1.82, 2.24) is 14.8 Å². The topological polar surface area (TPSA) is 39.3 Å². The standard InChI is InChI=1S/C20H19BrClN3O/c21-16-4-3-15-11-19(23-18(15)12-16)20(26)25-9-7-24(8-10-25)13-14-1-5-17(22)6-2-14/h1-6,11-12,23H,7-10,13H2. The summed E-state index contributed by atoms with van der Waals surface area (Å²) in [7, 11) is 0. The summed E-state index contributed by atoms with van der Waals surface area (Å²) in [5.74, 6) is 0.0727. The summed E-state index contributed by atoms with van der Waals surface area (Å²) in [6.45, 7) is 4.12. The van der Waals surface area contributed by atoms with Crippen molar-refractivity contribution in [2.45, 2.75) is 6.54 Å². The second-order valence-electron chi connectivity index (χ2n) is 6.61. The third-order valence-corrected chi connectivity index (χ3v) is 5.54. The third kappa shape index (κ3) is 3.80. The molecule has 0 saturated carbocycles. The third-order valence-electron chi connectivity index (χ3n) is 4.79. The molecular formula is C20H19BrClN3O. The van der Waals surface area contributed by atoms with Gasteiger partial charge in [0.05, 0.1) is 0 Å². The van der Waals surface area contributed by atoms with Gasteiger partial charge in [0.25, 0.3) is 5.91 Å². The van der Waals surface area contributed by atoms with E-state index in [1.54, 1.807) is 0 Å². The number of aromatic amines is 1. The van der Waals surface area contributed by atoms with Gasteiger partial charge in [-0.2, -0.15) is 0 Å². The lowest BCUT2D eigenvalue weighted by atomic mass is 10.2. The van der Waals surface area contributed by atoms with E-state index < -0.39 is 0 Å². The Kier molecular flexibility index (Phi) is 5.02. The average Bonchev–Trinajstić information content (AvgIpc) is 3.07. The molecule has 0 unspecified atom stereocenters. The van der Waals surface area contributed by atoms with Crippen LogP contribution in [-0.2, 0) is 6.54 Å². The maximum atomic E-state index is 12.8. The van der Waals surface area contributed by atoms with Crippen molar-refractivity contribution in [2.75, 3.05) is 26.2 Å². The Labute approximate surface area is 165 Å². The normalized spacial score (nSPS) is 15.5. The lowest BCUT2D eigenvalue weighted by molar-refractivity contribution is 0.0623. The summed E-state index contributed by atoms with van der Waals surface area (Å²) in [6, 6.07) is 15.9. The van der Waals surface area contributed by atoms with Crippen molar-refractivity contribution < 1.29 is 4.79 Å². The molecule has 0 aliphatic carbocycles. The Hall–Kier alpha value is -1.82. The molecule has 1 saturated heterocycles. The average molecular weight is 433 g/mol. The lowest BCUT2D eigenvalue weighted by Gasteiger charge is -2.34. The second kappa shape index (κ2) is 7.43. The Morgan fingerprint density at radius 1 is 1.04 bits per heavy atom. The zero-order chi connectivity index (χ0) is 18.1. The van der Waals surface area contributed by atoms with E-state index in [9.17, 15) is 4.79 Å². The van der Waals surface area contributed by atoms with Gasteiger partial charge in [-0.25, -0.2) is 0 Å². The molecule has 1 aliphatic rings. The minimum atomic E-state index is 0.0727. The molecule has 1 aromatic heterocycles. The Bertz CT molecular complexity index is 930. The molecule has 0 spiro atoms. The number of H-pyrrole nitrogens is 1. The van der Waals surface area contributed by atoms with Crippen LogP contribution < -0.4 is 0 Å². The summed E-state index contributed by atoms with van der Waals surface area (Å²) in [6.07, 6.45) is 0. The van der Waals surface area contributed by atoms with Gasteiger partial charge < -0.3 is 9.88 Å². The zero-order valence-corrected chi connectivity index (χ0v) is 16.6. The fraction of sp³-hybridized carbons (Fsp3) is 0.250. The van der Waals surface area contributed by atoms with Crippen LogP contribution >= 0.6 is 27.5 Å². The summed E-state index contributed by atoms with van der Waals surface area (Å²) < 4.78 is 1.00. The summed E-state index contributed by atoms with van der Waals surface area (Å²) in [5, 5.41) is 1.81. The number of carbonyl (C=O) groups is 1. The van der Waals surface area contributed by atoms with Crippen LogP contribution in [0.15, 0.2) is 53.0 Å². The number of carbonyl (C=O) groups excluding carboxylic acids is 1. The Morgan fingerprint density at radius 3 is 2.50 bits per heavy atom. The number of nitrogens with zero attached hydrogens (tertiary/aromatic N) is 2. The predicted octanol–water partition coefficient (Wildman–Crippen LogP) is 4.54. The lowest BCUT2D eigenvalue weighted by Crippen LogP contribution is -2.48. The second-order valence-corrected chi connectivity index (χ2v) is 7.96. The highest BCUT2D eigenvalue weighted by atomic mass is 79.9.